The number of hydrogen-bond acceptors (Lipinski definition) is 2. The molecule has 116 valence electrons. The lowest BCUT2D eigenvalue weighted by molar-refractivity contribution is 0.948. The minimum absolute atomic E-state index is 0.885. The molecule has 0 aliphatic rings. The fraction of sp³-hybridized carbons (Fsp3) is 0.0476. The van der Waals surface area contributed by atoms with Crippen molar-refractivity contribution in [3.8, 4) is 0 Å². The van der Waals surface area contributed by atoms with Crippen LogP contribution >= 0.6 is 0 Å². The predicted octanol–water partition coefficient (Wildman–Crippen LogP) is 4.74. The Labute approximate surface area is 140 Å². The second-order valence-electron chi connectivity index (χ2n) is 5.69. The van der Waals surface area contributed by atoms with Gasteiger partial charge in [-0.1, -0.05) is 66.7 Å². The summed E-state index contributed by atoms with van der Waals surface area (Å²) in [4.78, 5) is 9.50. The van der Waals surface area contributed by atoms with E-state index < -0.39 is 0 Å². The number of benzene rings is 3. The van der Waals surface area contributed by atoms with Crippen LogP contribution < -0.4 is 0 Å². The van der Waals surface area contributed by atoms with E-state index in [1.807, 2.05) is 66.5 Å². The van der Waals surface area contributed by atoms with Gasteiger partial charge in [0.1, 0.15) is 5.52 Å². The van der Waals surface area contributed by atoms with Gasteiger partial charge in [-0.15, -0.1) is 0 Å². The number of aliphatic imine (C=N–C) groups is 1. The first kappa shape index (κ1) is 14.4. The van der Waals surface area contributed by atoms with E-state index in [4.69, 9.17) is 4.99 Å². The molecule has 0 atom stereocenters. The fourth-order valence-electron chi connectivity index (χ4n) is 2.84. The van der Waals surface area contributed by atoms with Crippen molar-refractivity contribution in [1.29, 1.82) is 0 Å². The number of hydrogen-bond donors (Lipinski definition) is 0. The van der Waals surface area contributed by atoms with Gasteiger partial charge in [-0.25, -0.2) is 9.98 Å². The topological polar surface area (TPSA) is 30.2 Å². The van der Waals surface area contributed by atoms with Crippen LogP contribution in [0, 0.1) is 0 Å². The monoisotopic (exact) mass is 311 g/mol. The Morgan fingerprint density at radius 2 is 1.42 bits per heavy atom. The highest BCUT2D eigenvalue weighted by molar-refractivity contribution is 6.14. The zero-order chi connectivity index (χ0) is 16.4. The molecule has 4 rings (SSSR count). The van der Waals surface area contributed by atoms with Gasteiger partial charge in [-0.2, -0.15) is 0 Å². The average molecular weight is 311 g/mol. The summed E-state index contributed by atoms with van der Waals surface area (Å²) in [5, 5.41) is 0. The van der Waals surface area contributed by atoms with E-state index in [1.165, 1.54) is 0 Å². The fourth-order valence-corrected chi connectivity index (χ4v) is 2.84. The standard InChI is InChI=1S/C21H17N3/c1-24-15-22-21-18(13-8-14-19(21)24)23-20(16-9-4-2-5-10-16)17-11-6-3-7-12-17/h2-15H,1H3. The molecule has 0 radical (unpaired) electrons. The Kier molecular flexibility index (Phi) is 3.67. The van der Waals surface area contributed by atoms with Crippen molar-refractivity contribution < 1.29 is 0 Å². The van der Waals surface area contributed by atoms with E-state index >= 15 is 0 Å². The van der Waals surface area contributed by atoms with Crippen molar-refractivity contribution in [1.82, 2.24) is 9.55 Å². The Bertz CT molecular complexity index is 958. The Hall–Kier alpha value is -3.20. The molecule has 3 aromatic carbocycles. The summed E-state index contributed by atoms with van der Waals surface area (Å²) in [6, 6.07) is 26.6. The maximum atomic E-state index is 4.98. The summed E-state index contributed by atoms with van der Waals surface area (Å²) in [7, 11) is 2.00. The minimum Gasteiger partial charge on any atom is -0.334 e. The third kappa shape index (κ3) is 2.61. The highest BCUT2D eigenvalue weighted by atomic mass is 15.0. The molecule has 3 nitrogen and oxygen atoms in total. The highest BCUT2D eigenvalue weighted by Gasteiger charge is 2.09. The van der Waals surface area contributed by atoms with Gasteiger partial charge in [0.15, 0.2) is 0 Å². The molecule has 1 heterocycles. The molecule has 4 aromatic rings. The molecule has 0 amide bonds. The Morgan fingerprint density at radius 1 is 0.792 bits per heavy atom. The zero-order valence-electron chi connectivity index (χ0n) is 13.4. The number of rotatable bonds is 3. The largest absolute Gasteiger partial charge is 0.334 e. The molecule has 0 aliphatic carbocycles. The van der Waals surface area contributed by atoms with Crippen molar-refractivity contribution in [3.63, 3.8) is 0 Å². The smallest absolute Gasteiger partial charge is 0.114 e. The van der Waals surface area contributed by atoms with Gasteiger partial charge in [-0.3, -0.25) is 0 Å². The van der Waals surface area contributed by atoms with Gasteiger partial charge in [0.25, 0.3) is 0 Å². The maximum absolute atomic E-state index is 4.98. The zero-order valence-corrected chi connectivity index (χ0v) is 13.4. The highest BCUT2D eigenvalue weighted by Crippen LogP contribution is 2.26. The maximum Gasteiger partial charge on any atom is 0.114 e. The molecule has 0 fully saturated rings. The molecule has 24 heavy (non-hydrogen) atoms. The molecular formula is C21H17N3. The van der Waals surface area contributed by atoms with Crippen LogP contribution in [0.15, 0.2) is 90.2 Å². The van der Waals surface area contributed by atoms with Gasteiger partial charge in [0.2, 0.25) is 0 Å². The number of para-hydroxylation sites is 1. The van der Waals surface area contributed by atoms with E-state index in [-0.39, 0.29) is 0 Å². The van der Waals surface area contributed by atoms with Crippen molar-refractivity contribution in [2.75, 3.05) is 0 Å². The predicted molar refractivity (Wildman–Crippen MR) is 98.9 cm³/mol. The van der Waals surface area contributed by atoms with Gasteiger partial charge in [0.05, 0.1) is 23.2 Å². The van der Waals surface area contributed by atoms with Crippen LogP contribution in [0.2, 0.25) is 0 Å². The van der Waals surface area contributed by atoms with Crippen LogP contribution in [0.4, 0.5) is 5.69 Å². The number of aromatic nitrogens is 2. The van der Waals surface area contributed by atoms with Crippen LogP contribution in [0.1, 0.15) is 11.1 Å². The molecule has 0 N–H and O–H groups in total. The van der Waals surface area contributed by atoms with Crippen molar-refractivity contribution in [3.05, 3.63) is 96.3 Å². The van der Waals surface area contributed by atoms with Crippen LogP contribution in [0.3, 0.4) is 0 Å². The Morgan fingerprint density at radius 3 is 2.04 bits per heavy atom. The third-order valence-electron chi connectivity index (χ3n) is 4.06. The molecule has 0 unspecified atom stereocenters. The molecular weight excluding hydrogens is 294 g/mol. The molecule has 1 aromatic heterocycles. The summed E-state index contributed by atoms with van der Waals surface area (Å²) in [5.41, 5.74) is 6.03. The SMILES string of the molecule is Cn1cnc2c(N=C(c3ccccc3)c3ccccc3)cccc21. The number of fused-ring (bicyclic) bond motifs is 1. The second-order valence-corrected chi connectivity index (χ2v) is 5.69. The first-order chi connectivity index (χ1) is 11.8. The lowest BCUT2D eigenvalue weighted by Crippen LogP contribution is -2.02. The lowest BCUT2D eigenvalue weighted by atomic mass is 10.0. The minimum atomic E-state index is 0.885. The lowest BCUT2D eigenvalue weighted by Gasteiger charge is -2.08. The van der Waals surface area contributed by atoms with Gasteiger partial charge in [-0.05, 0) is 12.1 Å². The molecule has 0 aliphatic heterocycles. The summed E-state index contributed by atoms with van der Waals surface area (Å²) in [6.07, 6.45) is 1.83. The molecule has 0 saturated carbocycles. The number of nitrogens with zero attached hydrogens (tertiary/aromatic N) is 3. The van der Waals surface area contributed by atoms with Crippen LogP contribution in [0.5, 0.6) is 0 Å². The van der Waals surface area contributed by atoms with E-state index in [0.717, 1.165) is 33.6 Å². The average Bonchev–Trinajstić information content (AvgIpc) is 3.03. The molecule has 0 bridgehead atoms. The molecule has 0 saturated heterocycles. The van der Waals surface area contributed by atoms with Crippen molar-refractivity contribution >= 4 is 22.4 Å². The molecule has 3 heteroatoms. The second kappa shape index (κ2) is 6.13. The summed E-state index contributed by atoms with van der Waals surface area (Å²) >= 11 is 0. The van der Waals surface area contributed by atoms with Crippen LogP contribution in [-0.4, -0.2) is 15.3 Å². The summed E-state index contributed by atoms with van der Waals surface area (Å²) in [6.45, 7) is 0. The van der Waals surface area contributed by atoms with Crippen LogP contribution in [-0.2, 0) is 7.05 Å². The molecule has 0 spiro atoms. The van der Waals surface area contributed by atoms with E-state index in [9.17, 15) is 0 Å². The van der Waals surface area contributed by atoms with Crippen molar-refractivity contribution in [2.24, 2.45) is 12.0 Å². The third-order valence-corrected chi connectivity index (χ3v) is 4.06. The quantitative estimate of drug-likeness (QED) is 0.502. The normalized spacial score (nSPS) is 10.7. The van der Waals surface area contributed by atoms with E-state index in [0.29, 0.717) is 0 Å². The summed E-state index contributed by atoms with van der Waals surface area (Å²) < 4.78 is 2.01. The van der Waals surface area contributed by atoms with E-state index in [1.54, 1.807) is 0 Å². The van der Waals surface area contributed by atoms with Gasteiger partial charge in [0, 0.05) is 18.2 Å². The van der Waals surface area contributed by atoms with Crippen molar-refractivity contribution in [2.45, 2.75) is 0 Å². The summed E-state index contributed by atoms with van der Waals surface area (Å²) in [5.74, 6) is 0. The first-order valence-corrected chi connectivity index (χ1v) is 7.92. The van der Waals surface area contributed by atoms with E-state index in [2.05, 4.69) is 35.3 Å². The van der Waals surface area contributed by atoms with Crippen LogP contribution in [0.25, 0.3) is 11.0 Å². The number of imidazole rings is 1. The van der Waals surface area contributed by atoms with Gasteiger partial charge >= 0.3 is 0 Å². The van der Waals surface area contributed by atoms with Gasteiger partial charge < -0.3 is 4.57 Å². The Balaban J connectivity index is 1.94. The number of aryl methyl sites for hydroxylation is 1. The first-order valence-electron chi connectivity index (χ1n) is 7.92.